The van der Waals surface area contributed by atoms with Crippen LogP contribution in [0.15, 0.2) is 17.2 Å². The van der Waals surface area contributed by atoms with Crippen LogP contribution in [0, 0.1) is 12.5 Å². The summed E-state index contributed by atoms with van der Waals surface area (Å²) in [6.45, 7) is 8.25. The minimum atomic E-state index is 0.101. The Bertz CT molecular complexity index is 451. The third-order valence-electron chi connectivity index (χ3n) is 3.61. The van der Waals surface area contributed by atoms with Crippen molar-refractivity contribution < 1.29 is 4.74 Å². The Kier molecular flexibility index (Phi) is 4.53. The summed E-state index contributed by atoms with van der Waals surface area (Å²) in [5, 5.41) is 6.98. The summed E-state index contributed by atoms with van der Waals surface area (Å²) >= 11 is 0. The first-order chi connectivity index (χ1) is 9.11. The first-order valence-electron chi connectivity index (χ1n) is 7.01. The fourth-order valence-electron chi connectivity index (χ4n) is 2.70. The van der Waals surface area contributed by atoms with Gasteiger partial charge in [-0.05, 0) is 75.9 Å². The molecule has 0 spiro atoms. The van der Waals surface area contributed by atoms with Gasteiger partial charge in [0.2, 0.25) is 0 Å². The monoisotopic (exact) mass is 261 g/mol. The van der Waals surface area contributed by atoms with E-state index in [1.54, 1.807) is 0 Å². The molecule has 0 aromatic heterocycles. The molecular formula is C15H23N3O. The van der Waals surface area contributed by atoms with Crippen LogP contribution in [-0.4, -0.2) is 19.2 Å². The van der Waals surface area contributed by atoms with Gasteiger partial charge < -0.3 is 10.1 Å². The molecule has 0 bridgehead atoms. The maximum Gasteiger partial charge on any atom is 0.147 e. The summed E-state index contributed by atoms with van der Waals surface area (Å²) in [6.07, 6.45) is 2.43. The van der Waals surface area contributed by atoms with Gasteiger partial charge >= 0.3 is 0 Å². The van der Waals surface area contributed by atoms with Crippen molar-refractivity contribution in [2.75, 3.05) is 13.1 Å². The zero-order valence-electron chi connectivity index (χ0n) is 12.0. The van der Waals surface area contributed by atoms with E-state index < -0.39 is 0 Å². The molecule has 19 heavy (non-hydrogen) atoms. The molecule has 1 aromatic rings. The highest BCUT2D eigenvalue weighted by atomic mass is 16.5. The molecule has 0 radical (unpaired) electrons. The Hall–Kier alpha value is -1.42. The Morgan fingerprint density at radius 1 is 1.32 bits per heavy atom. The molecular weight excluding hydrogens is 238 g/mol. The van der Waals surface area contributed by atoms with Crippen LogP contribution in [0.25, 0.3) is 0 Å². The van der Waals surface area contributed by atoms with E-state index >= 15 is 0 Å². The molecule has 4 heteroatoms. The zero-order valence-corrected chi connectivity index (χ0v) is 12.0. The van der Waals surface area contributed by atoms with E-state index in [2.05, 4.69) is 23.4 Å². The Labute approximate surface area is 115 Å². The summed E-state index contributed by atoms with van der Waals surface area (Å²) in [6, 6.07) is 4.07. The van der Waals surface area contributed by atoms with Crippen molar-refractivity contribution in [2.24, 2.45) is 5.11 Å². The average Bonchev–Trinajstić information content (AvgIpc) is 2.40. The Morgan fingerprint density at radius 3 is 2.58 bits per heavy atom. The van der Waals surface area contributed by atoms with E-state index in [0.29, 0.717) is 11.6 Å². The lowest BCUT2D eigenvalue weighted by Gasteiger charge is -2.25. The summed E-state index contributed by atoms with van der Waals surface area (Å²) in [5.41, 5.74) is 10.5. The topological polar surface area (TPSA) is 57.5 Å². The maximum atomic E-state index is 7.28. The molecule has 1 saturated heterocycles. The van der Waals surface area contributed by atoms with Crippen LogP contribution in [0.5, 0.6) is 5.75 Å². The van der Waals surface area contributed by atoms with Gasteiger partial charge in [0, 0.05) is 0 Å². The van der Waals surface area contributed by atoms with Crippen molar-refractivity contribution in [3.05, 3.63) is 23.3 Å². The lowest BCUT2D eigenvalue weighted by atomic mass is 9.87. The van der Waals surface area contributed by atoms with Gasteiger partial charge in [0.25, 0.3) is 0 Å². The van der Waals surface area contributed by atoms with Gasteiger partial charge in [0.15, 0.2) is 0 Å². The van der Waals surface area contributed by atoms with E-state index in [4.69, 9.17) is 10.3 Å². The number of nitrogens with zero attached hydrogens (tertiary/aromatic N) is 1. The Balaban J connectivity index is 2.34. The number of hydrogen-bond donors (Lipinski definition) is 2. The van der Waals surface area contributed by atoms with Crippen LogP contribution in [0.3, 0.4) is 0 Å². The SMILES string of the molecule is Cc1cc(N=N)c(OC(C)C)cc1C1CCNCC1. The fraction of sp³-hybridized carbons (Fsp3) is 0.600. The van der Waals surface area contributed by atoms with Gasteiger partial charge in [-0.1, -0.05) is 0 Å². The molecule has 104 valence electrons. The smallest absolute Gasteiger partial charge is 0.147 e. The molecule has 2 rings (SSSR count). The molecule has 0 unspecified atom stereocenters. The van der Waals surface area contributed by atoms with Crippen molar-refractivity contribution in [2.45, 2.75) is 45.6 Å². The number of rotatable bonds is 4. The van der Waals surface area contributed by atoms with Gasteiger partial charge in [0.05, 0.1) is 6.10 Å². The Morgan fingerprint density at radius 2 is 2.00 bits per heavy atom. The lowest BCUT2D eigenvalue weighted by Crippen LogP contribution is -2.27. The molecule has 0 aliphatic carbocycles. The quantitative estimate of drug-likeness (QED) is 0.807. The van der Waals surface area contributed by atoms with E-state index in [1.807, 2.05) is 19.9 Å². The lowest BCUT2D eigenvalue weighted by molar-refractivity contribution is 0.242. The van der Waals surface area contributed by atoms with E-state index in [1.165, 1.54) is 24.0 Å². The first kappa shape index (κ1) is 14.0. The van der Waals surface area contributed by atoms with Crippen molar-refractivity contribution in [1.29, 1.82) is 5.53 Å². The van der Waals surface area contributed by atoms with Gasteiger partial charge in [-0.25, -0.2) is 5.53 Å². The molecule has 4 nitrogen and oxygen atoms in total. The van der Waals surface area contributed by atoms with Crippen LogP contribution < -0.4 is 10.1 Å². The van der Waals surface area contributed by atoms with Gasteiger partial charge in [-0.2, -0.15) is 5.11 Å². The standard InChI is InChI=1S/C15H23N3O/c1-10(2)19-15-9-13(11(3)8-14(15)18-16)12-4-6-17-7-5-12/h8-10,12,16-17H,4-7H2,1-3H3. The molecule has 0 amide bonds. The van der Waals surface area contributed by atoms with Crippen molar-refractivity contribution >= 4 is 5.69 Å². The minimum absolute atomic E-state index is 0.101. The van der Waals surface area contributed by atoms with Crippen molar-refractivity contribution in [3.8, 4) is 5.75 Å². The number of ether oxygens (including phenoxy) is 1. The fourth-order valence-corrected chi connectivity index (χ4v) is 2.70. The molecule has 0 saturated carbocycles. The largest absolute Gasteiger partial charge is 0.489 e. The van der Waals surface area contributed by atoms with Gasteiger partial charge in [-0.15, -0.1) is 0 Å². The van der Waals surface area contributed by atoms with E-state index in [0.717, 1.165) is 18.8 Å². The molecule has 1 heterocycles. The van der Waals surface area contributed by atoms with Crippen LogP contribution in [-0.2, 0) is 0 Å². The number of aryl methyl sites for hydroxylation is 1. The highest BCUT2D eigenvalue weighted by molar-refractivity contribution is 5.56. The summed E-state index contributed by atoms with van der Waals surface area (Å²) in [7, 11) is 0. The number of hydrogen-bond acceptors (Lipinski definition) is 4. The highest BCUT2D eigenvalue weighted by Crippen LogP contribution is 2.37. The maximum absolute atomic E-state index is 7.28. The van der Waals surface area contributed by atoms with E-state index in [-0.39, 0.29) is 6.10 Å². The summed E-state index contributed by atoms with van der Waals surface area (Å²) in [5.74, 6) is 1.33. The predicted octanol–water partition coefficient (Wildman–Crippen LogP) is 3.91. The second-order valence-electron chi connectivity index (χ2n) is 5.48. The van der Waals surface area contributed by atoms with Crippen molar-refractivity contribution in [3.63, 3.8) is 0 Å². The summed E-state index contributed by atoms with van der Waals surface area (Å²) < 4.78 is 5.79. The van der Waals surface area contributed by atoms with Crippen LogP contribution >= 0.6 is 0 Å². The second-order valence-corrected chi connectivity index (χ2v) is 5.48. The molecule has 1 aliphatic rings. The molecule has 1 fully saturated rings. The normalized spacial score (nSPS) is 16.6. The number of benzene rings is 1. The third kappa shape index (κ3) is 3.32. The second kappa shape index (κ2) is 6.15. The molecule has 1 aliphatic heterocycles. The minimum Gasteiger partial charge on any atom is -0.489 e. The van der Waals surface area contributed by atoms with Crippen LogP contribution in [0.1, 0.15) is 43.7 Å². The van der Waals surface area contributed by atoms with Crippen LogP contribution in [0.2, 0.25) is 0 Å². The van der Waals surface area contributed by atoms with Crippen LogP contribution in [0.4, 0.5) is 5.69 Å². The van der Waals surface area contributed by atoms with E-state index in [9.17, 15) is 0 Å². The predicted molar refractivity (Wildman–Crippen MR) is 76.6 cm³/mol. The first-order valence-corrected chi connectivity index (χ1v) is 7.01. The zero-order chi connectivity index (χ0) is 13.8. The third-order valence-corrected chi connectivity index (χ3v) is 3.61. The number of piperidine rings is 1. The highest BCUT2D eigenvalue weighted by Gasteiger charge is 2.19. The van der Waals surface area contributed by atoms with Gasteiger partial charge in [0.1, 0.15) is 11.4 Å². The molecule has 2 N–H and O–H groups in total. The molecule has 1 aromatic carbocycles. The summed E-state index contributed by atoms with van der Waals surface area (Å²) in [4.78, 5) is 0. The number of nitrogens with one attached hydrogen (secondary N) is 2. The average molecular weight is 261 g/mol. The molecule has 0 atom stereocenters. The van der Waals surface area contributed by atoms with Crippen molar-refractivity contribution in [1.82, 2.24) is 5.32 Å². The van der Waals surface area contributed by atoms with Gasteiger partial charge in [-0.3, -0.25) is 0 Å².